The Labute approximate surface area is 197 Å². The average molecular weight is 450 g/mol. The maximum atomic E-state index is 13.6. The highest BCUT2D eigenvalue weighted by Gasteiger charge is 2.48. The zero-order valence-corrected chi connectivity index (χ0v) is 20.7. The maximum absolute atomic E-state index is 13.6. The van der Waals surface area contributed by atoms with Crippen molar-refractivity contribution in [3.05, 3.63) is 59.0 Å². The highest BCUT2D eigenvalue weighted by Crippen LogP contribution is 2.54. The van der Waals surface area contributed by atoms with Crippen LogP contribution in [0.15, 0.2) is 53.4 Å². The zero-order chi connectivity index (χ0) is 24.1. The van der Waals surface area contributed by atoms with Crippen LogP contribution in [0, 0.1) is 10.8 Å². The summed E-state index contributed by atoms with van der Waals surface area (Å²) < 4.78 is 11.4. The Bertz CT molecular complexity index is 1040. The van der Waals surface area contributed by atoms with Gasteiger partial charge in [-0.3, -0.25) is 9.59 Å². The van der Waals surface area contributed by atoms with Gasteiger partial charge in [0.25, 0.3) is 0 Å². The van der Waals surface area contributed by atoms with Crippen molar-refractivity contribution >= 4 is 11.6 Å². The second-order valence-electron chi connectivity index (χ2n) is 11.1. The summed E-state index contributed by atoms with van der Waals surface area (Å²) in [5.74, 6) is 1.09. The minimum atomic E-state index is -0.374. The molecule has 0 aromatic heterocycles. The van der Waals surface area contributed by atoms with Crippen LogP contribution in [0.5, 0.6) is 11.5 Å². The summed E-state index contributed by atoms with van der Waals surface area (Å²) in [5, 5.41) is 0. The van der Waals surface area contributed by atoms with Gasteiger partial charge in [-0.25, -0.2) is 0 Å². The zero-order valence-electron chi connectivity index (χ0n) is 20.7. The van der Waals surface area contributed by atoms with Crippen LogP contribution in [0.1, 0.15) is 64.9 Å². The first-order valence-electron chi connectivity index (χ1n) is 11.7. The summed E-state index contributed by atoms with van der Waals surface area (Å²) in [5.41, 5.74) is 4.32. The molecule has 3 aliphatic rings. The number of carbonyl (C=O) groups is 2. The Morgan fingerprint density at radius 2 is 1.52 bits per heavy atom. The van der Waals surface area contributed by atoms with Crippen LogP contribution in [0.3, 0.4) is 0 Å². The molecule has 4 rings (SSSR count). The monoisotopic (exact) mass is 449 g/mol. The minimum absolute atomic E-state index is 0.110. The van der Waals surface area contributed by atoms with Gasteiger partial charge >= 0.3 is 0 Å². The van der Waals surface area contributed by atoms with E-state index in [1.807, 2.05) is 25.2 Å². The second-order valence-corrected chi connectivity index (χ2v) is 11.1. The summed E-state index contributed by atoms with van der Waals surface area (Å²) in [4.78, 5) is 29.3. The first kappa shape index (κ1) is 23.3. The fourth-order valence-electron chi connectivity index (χ4n) is 5.63. The summed E-state index contributed by atoms with van der Waals surface area (Å²) in [6.07, 6.45) is 4.27. The van der Waals surface area contributed by atoms with E-state index in [0.717, 1.165) is 40.9 Å². The molecule has 0 saturated carbocycles. The summed E-state index contributed by atoms with van der Waals surface area (Å²) >= 11 is 0. The Balaban J connectivity index is 1.92. The van der Waals surface area contributed by atoms with Crippen LogP contribution in [0.2, 0.25) is 0 Å². The van der Waals surface area contributed by atoms with Crippen LogP contribution >= 0.6 is 0 Å². The van der Waals surface area contributed by atoms with E-state index in [-0.39, 0.29) is 28.3 Å². The third kappa shape index (κ3) is 4.14. The quantitative estimate of drug-likeness (QED) is 0.550. The predicted molar refractivity (Wildman–Crippen MR) is 129 cm³/mol. The van der Waals surface area contributed by atoms with E-state index >= 15 is 0 Å². The van der Waals surface area contributed by atoms with Crippen molar-refractivity contribution in [3.8, 4) is 11.5 Å². The Kier molecular flexibility index (Phi) is 5.80. The smallest absolute Gasteiger partial charge is 0.162 e. The fourth-order valence-corrected chi connectivity index (χ4v) is 5.63. The van der Waals surface area contributed by atoms with E-state index in [1.54, 1.807) is 13.2 Å². The van der Waals surface area contributed by atoms with Crippen LogP contribution in [-0.4, -0.2) is 37.2 Å². The van der Waals surface area contributed by atoms with E-state index in [1.165, 1.54) is 0 Å². The number of carbonyl (C=O) groups excluding carboxylic acids is 2. The highest BCUT2D eigenvalue weighted by molar-refractivity contribution is 6.06. The molecular weight excluding hydrogens is 414 g/mol. The van der Waals surface area contributed by atoms with Gasteiger partial charge in [-0.05, 0) is 41.4 Å². The number of hydrogen-bond donors (Lipinski definition) is 0. The van der Waals surface area contributed by atoms with Gasteiger partial charge in [0.2, 0.25) is 0 Å². The molecule has 0 amide bonds. The normalized spacial score (nSPS) is 22.2. The number of ether oxygens (including phenoxy) is 2. The highest BCUT2D eigenvalue weighted by atomic mass is 16.5. The van der Waals surface area contributed by atoms with Crippen LogP contribution in [0.25, 0.3) is 0 Å². The molecule has 1 aromatic carbocycles. The summed E-state index contributed by atoms with van der Waals surface area (Å²) in [7, 11) is 3.63. The molecule has 0 unspecified atom stereocenters. The van der Waals surface area contributed by atoms with Gasteiger partial charge in [-0.2, -0.15) is 0 Å². The first-order chi connectivity index (χ1) is 15.5. The second kappa shape index (κ2) is 8.19. The lowest BCUT2D eigenvalue weighted by Gasteiger charge is -2.47. The molecule has 33 heavy (non-hydrogen) atoms. The maximum Gasteiger partial charge on any atom is 0.162 e. The molecule has 1 aromatic rings. The van der Waals surface area contributed by atoms with Gasteiger partial charge in [-0.15, -0.1) is 0 Å². The van der Waals surface area contributed by atoms with E-state index in [9.17, 15) is 9.59 Å². The SMILES string of the molecule is C=CCOc1ccc(C2C3=C(CC(C)(C)CC3=O)N(C)C3=C2C(=O)CC(C)(C)C3)cc1OC. The molecule has 0 bridgehead atoms. The number of nitrogens with zero attached hydrogens (tertiary/aromatic N) is 1. The van der Waals surface area contributed by atoms with E-state index in [2.05, 4.69) is 39.2 Å². The lowest BCUT2D eigenvalue weighted by atomic mass is 9.64. The van der Waals surface area contributed by atoms with E-state index in [0.29, 0.717) is 30.9 Å². The van der Waals surface area contributed by atoms with Gasteiger partial charge in [0.1, 0.15) is 6.61 Å². The van der Waals surface area contributed by atoms with E-state index in [4.69, 9.17) is 9.47 Å². The number of rotatable bonds is 5. The molecule has 1 aliphatic heterocycles. The molecule has 0 radical (unpaired) electrons. The Morgan fingerprint density at radius 1 is 0.970 bits per heavy atom. The summed E-state index contributed by atoms with van der Waals surface area (Å²) in [6, 6.07) is 5.75. The third-order valence-corrected chi connectivity index (χ3v) is 7.06. The van der Waals surface area contributed by atoms with Crippen molar-refractivity contribution in [3.63, 3.8) is 0 Å². The number of hydrogen-bond acceptors (Lipinski definition) is 5. The molecule has 5 nitrogen and oxygen atoms in total. The van der Waals surface area contributed by atoms with Gasteiger partial charge in [0.05, 0.1) is 7.11 Å². The molecule has 0 saturated heterocycles. The van der Waals surface area contributed by atoms with Gasteiger partial charge in [0, 0.05) is 48.3 Å². The largest absolute Gasteiger partial charge is 0.493 e. The van der Waals surface area contributed by atoms with Gasteiger partial charge in [-0.1, -0.05) is 46.4 Å². The van der Waals surface area contributed by atoms with Crippen LogP contribution in [0.4, 0.5) is 0 Å². The van der Waals surface area contributed by atoms with Crippen molar-refractivity contribution in [1.29, 1.82) is 0 Å². The standard InChI is InChI=1S/C28H35NO4/c1-8-11-33-22-10-9-17(12-23(22)32-7)24-25-18(13-27(2,3)15-20(25)30)29(6)19-14-28(4,5)16-21(31)26(19)24/h8-10,12,24H,1,11,13-16H2,2-7H3. The topological polar surface area (TPSA) is 55.8 Å². The van der Waals surface area contributed by atoms with Gasteiger partial charge < -0.3 is 14.4 Å². The molecule has 176 valence electrons. The number of benzene rings is 1. The number of Topliss-reactive ketones (excluding diaryl/α,β-unsaturated/α-hetero) is 2. The molecule has 2 aliphatic carbocycles. The third-order valence-electron chi connectivity index (χ3n) is 7.06. The lowest BCUT2D eigenvalue weighted by Crippen LogP contribution is -2.43. The Hall–Kier alpha value is -2.82. The first-order valence-corrected chi connectivity index (χ1v) is 11.7. The Morgan fingerprint density at radius 3 is 2.00 bits per heavy atom. The minimum Gasteiger partial charge on any atom is -0.493 e. The fraction of sp³-hybridized carbons (Fsp3) is 0.500. The molecular formula is C28H35NO4. The van der Waals surface area contributed by atoms with Gasteiger partial charge in [0.15, 0.2) is 23.1 Å². The number of allylic oxidation sites excluding steroid dienone is 4. The molecule has 5 heteroatoms. The van der Waals surface area contributed by atoms with E-state index < -0.39 is 0 Å². The van der Waals surface area contributed by atoms with Crippen molar-refractivity contribution < 1.29 is 19.1 Å². The molecule has 1 heterocycles. The van der Waals surface area contributed by atoms with Crippen LogP contribution in [-0.2, 0) is 9.59 Å². The number of methoxy groups -OCH3 is 1. The number of ketones is 2. The predicted octanol–water partition coefficient (Wildman–Crippen LogP) is 5.58. The molecule has 0 atom stereocenters. The van der Waals surface area contributed by atoms with Crippen molar-refractivity contribution in [2.45, 2.75) is 59.3 Å². The van der Waals surface area contributed by atoms with Crippen molar-refractivity contribution in [2.75, 3.05) is 20.8 Å². The molecule has 0 fully saturated rings. The van der Waals surface area contributed by atoms with Crippen LogP contribution < -0.4 is 9.47 Å². The molecule has 0 N–H and O–H groups in total. The lowest BCUT2D eigenvalue weighted by molar-refractivity contribution is -0.119. The van der Waals surface area contributed by atoms with Crippen molar-refractivity contribution in [2.24, 2.45) is 10.8 Å². The summed E-state index contributed by atoms with van der Waals surface area (Å²) in [6.45, 7) is 12.7. The molecule has 0 spiro atoms. The average Bonchev–Trinajstić information content (AvgIpc) is 2.72. The van der Waals surface area contributed by atoms with Crippen molar-refractivity contribution in [1.82, 2.24) is 4.90 Å².